The third kappa shape index (κ3) is 4.07. The summed E-state index contributed by atoms with van der Waals surface area (Å²) in [5.41, 5.74) is 3.58. The molecule has 0 heterocycles. The van der Waals surface area contributed by atoms with Crippen molar-refractivity contribution >= 4 is 27.3 Å². The standard InChI is InChI=1S/C22H22N2O3S/c1-16-12-13-21(17(2)14-16)23-22(25)18-8-7-11-20(15-18)28(26,27)24(3)19-9-5-4-6-10-19/h4-15H,1-3H3,(H,23,25). The van der Waals surface area contributed by atoms with E-state index < -0.39 is 10.0 Å². The molecule has 5 nitrogen and oxygen atoms in total. The van der Waals surface area contributed by atoms with E-state index in [9.17, 15) is 13.2 Å². The first kappa shape index (κ1) is 19.6. The molecular weight excluding hydrogens is 372 g/mol. The van der Waals surface area contributed by atoms with Crippen LogP contribution in [0.1, 0.15) is 21.5 Å². The van der Waals surface area contributed by atoms with Crippen molar-refractivity contribution in [2.75, 3.05) is 16.7 Å². The second-order valence-electron chi connectivity index (χ2n) is 6.61. The number of anilines is 2. The van der Waals surface area contributed by atoms with Gasteiger partial charge in [-0.2, -0.15) is 0 Å². The minimum absolute atomic E-state index is 0.0622. The molecule has 28 heavy (non-hydrogen) atoms. The summed E-state index contributed by atoms with van der Waals surface area (Å²) in [6, 6.07) is 20.6. The van der Waals surface area contributed by atoms with Crippen LogP contribution >= 0.6 is 0 Å². The number of aryl methyl sites for hydroxylation is 2. The van der Waals surface area contributed by atoms with Crippen molar-refractivity contribution in [2.45, 2.75) is 18.7 Å². The lowest BCUT2D eigenvalue weighted by molar-refractivity contribution is 0.102. The van der Waals surface area contributed by atoms with E-state index in [2.05, 4.69) is 5.32 Å². The summed E-state index contributed by atoms with van der Waals surface area (Å²) in [6.45, 7) is 3.90. The van der Waals surface area contributed by atoms with Gasteiger partial charge < -0.3 is 5.32 Å². The van der Waals surface area contributed by atoms with Crippen LogP contribution in [0.2, 0.25) is 0 Å². The Kier molecular flexibility index (Phi) is 5.51. The highest BCUT2D eigenvalue weighted by molar-refractivity contribution is 7.92. The molecule has 0 aromatic heterocycles. The molecule has 0 radical (unpaired) electrons. The Balaban J connectivity index is 1.88. The zero-order chi connectivity index (χ0) is 20.3. The minimum atomic E-state index is -3.78. The summed E-state index contributed by atoms with van der Waals surface area (Å²) in [6.07, 6.45) is 0. The van der Waals surface area contributed by atoms with Gasteiger partial charge >= 0.3 is 0 Å². The van der Waals surface area contributed by atoms with Gasteiger partial charge in [0.2, 0.25) is 0 Å². The predicted molar refractivity (Wildman–Crippen MR) is 112 cm³/mol. The Morgan fingerprint density at radius 2 is 1.61 bits per heavy atom. The number of hydrogen-bond acceptors (Lipinski definition) is 3. The van der Waals surface area contributed by atoms with Crippen LogP contribution in [0.25, 0.3) is 0 Å². The molecule has 3 rings (SSSR count). The van der Waals surface area contributed by atoms with Gasteiger partial charge in [0.05, 0.1) is 10.6 Å². The predicted octanol–water partition coefficient (Wildman–Crippen LogP) is 4.38. The Hall–Kier alpha value is -3.12. The summed E-state index contributed by atoms with van der Waals surface area (Å²) >= 11 is 0. The van der Waals surface area contributed by atoms with E-state index >= 15 is 0 Å². The first-order chi connectivity index (χ1) is 13.3. The molecule has 0 bridgehead atoms. The fourth-order valence-corrected chi connectivity index (χ4v) is 4.12. The van der Waals surface area contributed by atoms with Crippen molar-refractivity contribution in [3.63, 3.8) is 0 Å². The van der Waals surface area contributed by atoms with Gasteiger partial charge in [0.1, 0.15) is 0 Å². The van der Waals surface area contributed by atoms with Crippen LogP contribution < -0.4 is 9.62 Å². The largest absolute Gasteiger partial charge is 0.322 e. The van der Waals surface area contributed by atoms with Gasteiger partial charge in [-0.3, -0.25) is 9.10 Å². The second kappa shape index (κ2) is 7.86. The normalized spacial score (nSPS) is 11.1. The molecule has 0 saturated carbocycles. The van der Waals surface area contributed by atoms with Gasteiger partial charge in [-0.25, -0.2) is 8.42 Å². The van der Waals surface area contributed by atoms with Crippen LogP contribution in [-0.4, -0.2) is 21.4 Å². The molecule has 0 fully saturated rings. The highest BCUT2D eigenvalue weighted by Gasteiger charge is 2.22. The fraction of sp³-hybridized carbons (Fsp3) is 0.136. The third-order valence-corrected chi connectivity index (χ3v) is 6.29. The smallest absolute Gasteiger partial charge is 0.264 e. The van der Waals surface area contributed by atoms with Gasteiger partial charge in [-0.05, 0) is 55.8 Å². The zero-order valence-corrected chi connectivity index (χ0v) is 16.8. The highest BCUT2D eigenvalue weighted by Crippen LogP contribution is 2.23. The van der Waals surface area contributed by atoms with Crippen molar-refractivity contribution < 1.29 is 13.2 Å². The van der Waals surface area contributed by atoms with E-state index in [1.54, 1.807) is 36.4 Å². The number of benzene rings is 3. The van der Waals surface area contributed by atoms with E-state index in [1.807, 2.05) is 38.1 Å². The van der Waals surface area contributed by atoms with Crippen LogP contribution in [-0.2, 0) is 10.0 Å². The molecule has 1 N–H and O–H groups in total. The monoisotopic (exact) mass is 394 g/mol. The highest BCUT2D eigenvalue weighted by atomic mass is 32.2. The SMILES string of the molecule is Cc1ccc(NC(=O)c2cccc(S(=O)(=O)N(C)c3ccccc3)c2)c(C)c1. The van der Waals surface area contributed by atoms with Crippen LogP contribution in [0.3, 0.4) is 0 Å². The number of amides is 1. The summed E-state index contributed by atoms with van der Waals surface area (Å²) < 4.78 is 27.1. The minimum Gasteiger partial charge on any atom is -0.322 e. The lowest BCUT2D eigenvalue weighted by Gasteiger charge is -2.19. The molecule has 0 aliphatic rings. The van der Waals surface area contributed by atoms with E-state index in [-0.39, 0.29) is 16.4 Å². The second-order valence-corrected chi connectivity index (χ2v) is 8.58. The Morgan fingerprint density at radius 1 is 0.893 bits per heavy atom. The average molecular weight is 394 g/mol. The number of para-hydroxylation sites is 1. The van der Waals surface area contributed by atoms with Crippen LogP contribution in [0.4, 0.5) is 11.4 Å². The molecule has 0 unspecified atom stereocenters. The summed E-state index contributed by atoms with van der Waals surface area (Å²) in [7, 11) is -2.29. The lowest BCUT2D eigenvalue weighted by atomic mass is 10.1. The molecule has 0 spiro atoms. The molecule has 0 saturated heterocycles. The molecule has 6 heteroatoms. The van der Waals surface area contributed by atoms with Crippen molar-refractivity contribution in [3.8, 4) is 0 Å². The van der Waals surface area contributed by atoms with Crippen LogP contribution in [0.15, 0.2) is 77.7 Å². The van der Waals surface area contributed by atoms with Crippen molar-refractivity contribution in [1.82, 2.24) is 0 Å². The van der Waals surface area contributed by atoms with E-state index in [0.717, 1.165) is 11.1 Å². The molecule has 144 valence electrons. The maximum Gasteiger partial charge on any atom is 0.264 e. The fourth-order valence-electron chi connectivity index (χ4n) is 2.88. The number of hydrogen-bond donors (Lipinski definition) is 1. The summed E-state index contributed by atoms with van der Waals surface area (Å²) in [5, 5.41) is 2.85. The molecule has 0 aliphatic heterocycles. The maximum atomic E-state index is 13.0. The Morgan fingerprint density at radius 3 is 2.29 bits per heavy atom. The number of sulfonamides is 1. The summed E-state index contributed by atoms with van der Waals surface area (Å²) in [4.78, 5) is 12.7. The van der Waals surface area contributed by atoms with Crippen LogP contribution in [0, 0.1) is 13.8 Å². The maximum absolute atomic E-state index is 13.0. The quantitative estimate of drug-likeness (QED) is 0.698. The topological polar surface area (TPSA) is 66.5 Å². The first-order valence-electron chi connectivity index (χ1n) is 8.82. The number of carbonyl (C=O) groups excluding carboxylic acids is 1. The van der Waals surface area contributed by atoms with Gasteiger partial charge in [0.15, 0.2) is 0 Å². The third-order valence-electron chi connectivity index (χ3n) is 4.50. The van der Waals surface area contributed by atoms with Gasteiger partial charge in [-0.1, -0.05) is 42.0 Å². The Bertz CT molecular complexity index is 1110. The van der Waals surface area contributed by atoms with Gasteiger partial charge in [0.25, 0.3) is 15.9 Å². The summed E-state index contributed by atoms with van der Waals surface area (Å²) in [5.74, 6) is -0.355. The number of carbonyl (C=O) groups is 1. The van der Waals surface area contributed by atoms with Crippen molar-refractivity contribution in [2.24, 2.45) is 0 Å². The van der Waals surface area contributed by atoms with E-state index in [4.69, 9.17) is 0 Å². The van der Waals surface area contributed by atoms with Crippen molar-refractivity contribution in [3.05, 3.63) is 89.5 Å². The van der Waals surface area contributed by atoms with Crippen LogP contribution in [0.5, 0.6) is 0 Å². The molecule has 1 amide bonds. The first-order valence-corrected chi connectivity index (χ1v) is 10.3. The zero-order valence-electron chi connectivity index (χ0n) is 16.0. The van der Waals surface area contributed by atoms with E-state index in [1.165, 1.54) is 23.5 Å². The number of rotatable bonds is 5. The van der Waals surface area contributed by atoms with E-state index in [0.29, 0.717) is 11.4 Å². The molecule has 0 aliphatic carbocycles. The molecule has 0 atom stereocenters. The van der Waals surface area contributed by atoms with Gasteiger partial charge in [-0.15, -0.1) is 0 Å². The lowest BCUT2D eigenvalue weighted by Crippen LogP contribution is -2.26. The molecular formula is C22H22N2O3S. The van der Waals surface area contributed by atoms with Gasteiger partial charge in [0, 0.05) is 18.3 Å². The molecule has 3 aromatic carbocycles. The number of nitrogens with one attached hydrogen (secondary N) is 1. The average Bonchev–Trinajstić information content (AvgIpc) is 2.70. The Labute approximate surface area is 165 Å². The number of nitrogens with zero attached hydrogens (tertiary/aromatic N) is 1. The van der Waals surface area contributed by atoms with Crippen molar-refractivity contribution in [1.29, 1.82) is 0 Å². The molecule has 3 aromatic rings.